The third-order valence-electron chi connectivity index (χ3n) is 3.75. The van der Waals surface area contributed by atoms with Crippen molar-refractivity contribution in [3.05, 3.63) is 35.0 Å². The van der Waals surface area contributed by atoms with Crippen LogP contribution >= 0.6 is 12.2 Å². The van der Waals surface area contributed by atoms with Crippen LogP contribution in [0.3, 0.4) is 0 Å². The Hall–Kier alpha value is -2.46. The summed E-state index contributed by atoms with van der Waals surface area (Å²) in [6, 6.07) is 3.74. The topological polar surface area (TPSA) is 78.1 Å². The lowest BCUT2D eigenvalue weighted by molar-refractivity contribution is -0.140. The summed E-state index contributed by atoms with van der Waals surface area (Å²) in [5.41, 5.74) is 1.40. The molecule has 1 aromatic carbocycles. The molecule has 0 fully saturated rings. The molecule has 0 bridgehead atoms. The molecule has 1 aromatic rings. The second-order valence-electron chi connectivity index (χ2n) is 5.49. The maximum atomic E-state index is 12.5. The number of thiocarbonyl (C=S) groups is 1. The van der Waals surface area contributed by atoms with E-state index in [0.29, 0.717) is 21.9 Å². The van der Waals surface area contributed by atoms with Crippen molar-refractivity contribution in [1.29, 1.82) is 0 Å². The van der Waals surface area contributed by atoms with E-state index >= 15 is 0 Å². The number of methoxy groups -OCH3 is 2. The molecular weight excluding hydrogens is 382 g/mol. The number of nitrogens with one attached hydrogen (secondary N) is 2. The van der Waals surface area contributed by atoms with Gasteiger partial charge in [-0.2, -0.15) is 8.78 Å². The van der Waals surface area contributed by atoms with Crippen molar-refractivity contribution < 1.29 is 32.5 Å². The van der Waals surface area contributed by atoms with E-state index in [9.17, 15) is 13.6 Å². The molecule has 7 nitrogen and oxygen atoms in total. The molecule has 0 spiro atoms. The number of benzene rings is 1. The maximum absolute atomic E-state index is 12.5. The van der Waals surface area contributed by atoms with Crippen molar-refractivity contribution in [2.45, 2.75) is 19.6 Å². The van der Waals surface area contributed by atoms with Crippen LogP contribution in [0.15, 0.2) is 29.5 Å². The first-order valence-corrected chi connectivity index (χ1v) is 8.35. The van der Waals surface area contributed by atoms with Crippen molar-refractivity contribution in [2.75, 3.05) is 27.4 Å². The second kappa shape index (κ2) is 9.47. The van der Waals surface area contributed by atoms with Crippen molar-refractivity contribution in [2.24, 2.45) is 0 Å². The number of carbonyl (C=O) groups is 1. The summed E-state index contributed by atoms with van der Waals surface area (Å²) in [5, 5.41) is 6.18. The van der Waals surface area contributed by atoms with Gasteiger partial charge < -0.3 is 29.6 Å². The van der Waals surface area contributed by atoms with Gasteiger partial charge in [0, 0.05) is 12.8 Å². The van der Waals surface area contributed by atoms with Crippen molar-refractivity contribution in [1.82, 2.24) is 10.6 Å². The maximum Gasteiger partial charge on any atom is 0.387 e. The second-order valence-corrected chi connectivity index (χ2v) is 5.90. The van der Waals surface area contributed by atoms with E-state index in [-0.39, 0.29) is 24.7 Å². The Bertz CT molecular complexity index is 742. The minimum Gasteiger partial charge on any atom is -0.493 e. The molecule has 10 heteroatoms. The van der Waals surface area contributed by atoms with Gasteiger partial charge in [-0.25, -0.2) is 4.79 Å². The molecule has 0 radical (unpaired) electrons. The fourth-order valence-corrected chi connectivity index (χ4v) is 2.84. The van der Waals surface area contributed by atoms with Crippen LogP contribution < -0.4 is 20.1 Å². The van der Waals surface area contributed by atoms with Gasteiger partial charge in [0.1, 0.15) is 6.61 Å². The fourth-order valence-electron chi connectivity index (χ4n) is 2.57. The van der Waals surface area contributed by atoms with Gasteiger partial charge in [0.2, 0.25) is 0 Å². The number of hydrogen-bond acceptors (Lipinski definition) is 6. The Labute approximate surface area is 160 Å². The van der Waals surface area contributed by atoms with Gasteiger partial charge in [0.05, 0.1) is 25.3 Å². The molecule has 27 heavy (non-hydrogen) atoms. The summed E-state index contributed by atoms with van der Waals surface area (Å²) in [6.45, 7) is -0.940. The molecular formula is C17H20F2N2O5S. The summed E-state index contributed by atoms with van der Waals surface area (Å²) in [7, 11) is 2.83. The highest BCUT2D eigenvalue weighted by Crippen LogP contribution is 2.35. The number of halogens is 2. The average molecular weight is 402 g/mol. The normalized spacial score (nSPS) is 16.7. The molecule has 1 aliphatic rings. The van der Waals surface area contributed by atoms with Crippen LogP contribution in [-0.4, -0.2) is 45.1 Å². The van der Waals surface area contributed by atoms with Crippen LogP contribution in [0.4, 0.5) is 8.78 Å². The quantitative estimate of drug-likeness (QED) is 0.390. The Morgan fingerprint density at radius 3 is 2.63 bits per heavy atom. The van der Waals surface area contributed by atoms with Crippen LogP contribution in [0.1, 0.15) is 18.5 Å². The molecule has 1 aliphatic heterocycles. The monoisotopic (exact) mass is 402 g/mol. The summed E-state index contributed by atoms with van der Waals surface area (Å²) in [5.74, 6) is -0.564. The summed E-state index contributed by atoms with van der Waals surface area (Å²) < 4.78 is 44.7. The van der Waals surface area contributed by atoms with Gasteiger partial charge in [0.15, 0.2) is 16.6 Å². The number of hydrogen-bond donors (Lipinski definition) is 2. The van der Waals surface area contributed by atoms with Gasteiger partial charge in [-0.05, 0) is 36.8 Å². The smallest absolute Gasteiger partial charge is 0.387 e. The number of ether oxygens (including phenoxy) is 4. The zero-order chi connectivity index (χ0) is 20.0. The van der Waals surface area contributed by atoms with Crippen molar-refractivity contribution in [3.63, 3.8) is 0 Å². The molecule has 0 amide bonds. The zero-order valence-electron chi connectivity index (χ0n) is 15.0. The molecule has 148 valence electrons. The Kier molecular flexibility index (Phi) is 7.31. The van der Waals surface area contributed by atoms with Crippen molar-refractivity contribution >= 4 is 23.3 Å². The Morgan fingerprint density at radius 2 is 2.00 bits per heavy atom. The van der Waals surface area contributed by atoms with Crippen LogP contribution in [-0.2, 0) is 14.3 Å². The summed E-state index contributed by atoms with van der Waals surface area (Å²) >= 11 is 5.17. The number of esters is 1. The largest absolute Gasteiger partial charge is 0.493 e. The first-order chi connectivity index (χ1) is 12.9. The number of carbonyl (C=O) groups excluding carboxylic acids is 1. The van der Waals surface area contributed by atoms with Gasteiger partial charge in [-0.3, -0.25) is 0 Å². The van der Waals surface area contributed by atoms with Crippen LogP contribution in [0, 0.1) is 0 Å². The van der Waals surface area contributed by atoms with Gasteiger partial charge in [0.25, 0.3) is 0 Å². The lowest BCUT2D eigenvalue weighted by Gasteiger charge is -2.30. The van der Waals surface area contributed by atoms with Crippen LogP contribution in [0.2, 0.25) is 0 Å². The number of rotatable bonds is 8. The van der Waals surface area contributed by atoms with Crippen LogP contribution in [0.25, 0.3) is 0 Å². The molecule has 1 heterocycles. The van der Waals surface area contributed by atoms with E-state index in [1.165, 1.54) is 26.4 Å². The van der Waals surface area contributed by atoms with Gasteiger partial charge >= 0.3 is 12.6 Å². The molecule has 0 aromatic heterocycles. The minimum atomic E-state index is -2.98. The van der Waals surface area contributed by atoms with E-state index in [2.05, 4.69) is 15.4 Å². The number of alkyl halides is 2. The predicted molar refractivity (Wildman–Crippen MR) is 96.8 cm³/mol. The highest BCUT2D eigenvalue weighted by atomic mass is 32.1. The van der Waals surface area contributed by atoms with E-state index in [1.54, 1.807) is 13.0 Å². The molecule has 0 saturated carbocycles. The van der Waals surface area contributed by atoms with E-state index in [0.717, 1.165) is 0 Å². The molecule has 0 aliphatic carbocycles. The Morgan fingerprint density at radius 1 is 1.26 bits per heavy atom. The minimum absolute atomic E-state index is 0.0910. The van der Waals surface area contributed by atoms with Gasteiger partial charge in [-0.1, -0.05) is 6.07 Å². The van der Waals surface area contributed by atoms with Gasteiger partial charge in [-0.15, -0.1) is 0 Å². The number of allylic oxidation sites excluding steroid dienone is 1. The molecule has 2 rings (SSSR count). The standard InChI is InChI=1S/C17H20F2N2O5S/c1-9-13(15(22)25-7-6-23-2)14(21-17(27)20-9)10-4-5-11(26-16(18)19)12(8-10)24-3/h4-5,8,14,16H,6-7H2,1-3H3,(H2,20,21,27). The fraction of sp³-hybridized carbons (Fsp3) is 0.412. The predicted octanol–water partition coefficient (Wildman–Crippen LogP) is 2.28. The third-order valence-corrected chi connectivity index (χ3v) is 3.97. The SMILES string of the molecule is COCCOC(=O)C1=C(C)NC(=S)NC1c1ccc(OC(F)F)c(OC)c1. The van der Waals surface area contributed by atoms with E-state index < -0.39 is 18.6 Å². The highest BCUT2D eigenvalue weighted by molar-refractivity contribution is 7.80. The lowest BCUT2D eigenvalue weighted by atomic mass is 9.95. The average Bonchev–Trinajstić information content (AvgIpc) is 2.61. The summed E-state index contributed by atoms with van der Waals surface area (Å²) in [4.78, 5) is 12.5. The molecule has 1 unspecified atom stereocenters. The lowest BCUT2D eigenvalue weighted by Crippen LogP contribution is -2.45. The third kappa shape index (κ3) is 5.27. The highest BCUT2D eigenvalue weighted by Gasteiger charge is 2.31. The first-order valence-electron chi connectivity index (χ1n) is 7.94. The Balaban J connectivity index is 2.36. The summed E-state index contributed by atoms with van der Waals surface area (Å²) in [6.07, 6.45) is 0. The molecule has 0 saturated heterocycles. The molecule has 1 atom stereocenters. The zero-order valence-corrected chi connectivity index (χ0v) is 15.8. The van der Waals surface area contributed by atoms with E-state index in [4.69, 9.17) is 26.4 Å². The van der Waals surface area contributed by atoms with E-state index in [1.807, 2.05) is 0 Å². The van der Waals surface area contributed by atoms with Crippen molar-refractivity contribution in [3.8, 4) is 11.5 Å². The first kappa shape index (κ1) is 20.8. The molecule has 2 N–H and O–H groups in total. The van der Waals surface area contributed by atoms with Crippen LogP contribution in [0.5, 0.6) is 11.5 Å².